The number of hydrogen-bond donors (Lipinski definition) is 0. The van der Waals surface area contributed by atoms with E-state index in [1.807, 2.05) is 18.2 Å². The lowest BCUT2D eigenvalue weighted by molar-refractivity contribution is 0.893. The molecule has 0 saturated heterocycles. The highest BCUT2D eigenvalue weighted by Crippen LogP contribution is 2.40. The van der Waals surface area contributed by atoms with E-state index in [4.69, 9.17) is 15.0 Å². The summed E-state index contributed by atoms with van der Waals surface area (Å²) in [6.07, 6.45) is 0. The van der Waals surface area contributed by atoms with Crippen molar-refractivity contribution in [3.8, 4) is 45.5 Å². The van der Waals surface area contributed by atoms with Crippen LogP contribution in [0.15, 0.2) is 176 Å². The molecule has 10 aromatic rings. The number of hydrogen-bond acceptors (Lipinski definition) is 3. The molecule has 0 N–H and O–H groups in total. The molecule has 3 heterocycles. The molecule has 0 radical (unpaired) electrons. The summed E-state index contributed by atoms with van der Waals surface area (Å²) in [6.45, 7) is 0. The summed E-state index contributed by atoms with van der Waals surface area (Å²) in [5.74, 6) is 1.74. The van der Waals surface area contributed by atoms with Gasteiger partial charge in [0.1, 0.15) is 0 Å². The molecule has 50 heavy (non-hydrogen) atoms. The molecule has 0 amide bonds. The molecule has 0 spiro atoms. The molecule has 0 saturated carbocycles. The Morgan fingerprint density at radius 3 is 1.14 bits per heavy atom. The largest absolute Gasteiger partial charge is 0.278 e. The maximum absolute atomic E-state index is 5.35. The first kappa shape index (κ1) is 28.2. The van der Waals surface area contributed by atoms with E-state index in [9.17, 15) is 0 Å². The molecule has 7 aromatic carbocycles. The second-order valence-electron chi connectivity index (χ2n) is 12.5. The first-order chi connectivity index (χ1) is 24.8. The maximum Gasteiger partial charge on any atom is 0.240 e. The van der Waals surface area contributed by atoms with Gasteiger partial charge in [-0.05, 0) is 46.5 Å². The highest BCUT2D eigenvalue weighted by Gasteiger charge is 2.22. The number of nitrogens with zero attached hydrogens (tertiary/aromatic N) is 5. The Morgan fingerprint density at radius 1 is 0.300 bits per heavy atom. The van der Waals surface area contributed by atoms with Crippen LogP contribution in [0.2, 0.25) is 0 Å². The zero-order chi connectivity index (χ0) is 33.0. The van der Waals surface area contributed by atoms with Crippen molar-refractivity contribution in [2.75, 3.05) is 0 Å². The Labute approximate surface area is 288 Å². The van der Waals surface area contributed by atoms with E-state index in [0.29, 0.717) is 17.7 Å². The van der Waals surface area contributed by atoms with Gasteiger partial charge in [0, 0.05) is 27.1 Å². The van der Waals surface area contributed by atoms with Crippen LogP contribution in [0.3, 0.4) is 0 Å². The van der Waals surface area contributed by atoms with Crippen molar-refractivity contribution in [1.82, 2.24) is 24.1 Å². The number of para-hydroxylation sites is 2. The quantitative estimate of drug-likeness (QED) is 0.188. The molecule has 0 fully saturated rings. The van der Waals surface area contributed by atoms with Crippen LogP contribution >= 0.6 is 0 Å². The van der Waals surface area contributed by atoms with Gasteiger partial charge in [0.25, 0.3) is 0 Å². The predicted molar refractivity (Wildman–Crippen MR) is 205 cm³/mol. The van der Waals surface area contributed by atoms with Gasteiger partial charge >= 0.3 is 0 Å². The summed E-state index contributed by atoms with van der Waals surface area (Å²) in [6, 6.07) is 61.4. The number of aromatic nitrogens is 5. The van der Waals surface area contributed by atoms with E-state index in [0.717, 1.165) is 38.4 Å². The molecule has 10 rings (SSSR count). The van der Waals surface area contributed by atoms with Crippen LogP contribution in [0, 0.1) is 0 Å². The molecule has 0 atom stereocenters. The van der Waals surface area contributed by atoms with Gasteiger partial charge in [0.15, 0.2) is 5.82 Å². The highest BCUT2D eigenvalue weighted by atomic mass is 15.3. The topological polar surface area (TPSA) is 48.5 Å². The minimum Gasteiger partial charge on any atom is -0.278 e. The fourth-order valence-electron chi connectivity index (χ4n) is 7.46. The Balaban J connectivity index is 1.31. The lowest BCUT2D eigenvalue weighted by Gasteiger charge is -2.13. The van der Waals surface area contributed by atoms with Gasteiger partial charge < -0.3 is 0 Å². The third-order valence-electron chi connectivity index (χ3n) is 9.61. The van der Waals surface area contributed by atoms with Crippen LogP contribution < -0.4 is 0 Å². The van der Waals surface area contributed by atoms with Crippen LogP contribution in [-0.4, -0.2) is 24.1 Å². The van der Waals surface area contributed by atoms with Crippen LogP contribution in [0.4, 0.5) is 0 Å². The minimum absolute atomic E-state index is 0.565. The average molecular weight is 640 g/mol. The summed E-state index contributed by atoms with van der Waals surface area (Å²) < 4.78 is 4.38. The van der Waals surface area contributed by atoms with Gasteiger partial charge in [0.05, 0.1) is 22.1 Å². The molecule has 0 unspecified atom stereocenters. The van der Waals surface area contributed by atoms with E-state index in [1.165, 1.54) is 33.0 Å². The summed E-state index contributed by atoms with van der Waals surface area (Å²) in [5, 5.41) is 4.63. The predicted octanol–water partition coefficient (Wildman–Crippen LogP) is 11.1. The Bertz CT molecular complexity index is 2680. The first-order valence-electron chi connectivity index (χ1n) is 16.8. The lowest BCUT2D eigenvalue weighted by atomic mass is 9.99. The molecular formula is C45H29N5. The van der Waals surface area contributed by atoms with Crippen molar-refractivity contribution < 1.29 is 0 Å². The lowest BCUT2D eigenvalue weighted by Crippen LogP contribution is -2.10. The van der Waals surface area contributed by atoms with Crippen molar-refractivity contribution in [2.24, 2.45) is 0 Å². The van der Waals surface area contributed by atoms with Gasteiger partial charge in [-0.2, -0.15) is 15.0 Å². The SMILES string of the molecule is c1ccc(-c2nc(-n3c4ccccc4c4c(-c5ccccc5)cccc43)nc(-n3c4ccccc4c4c(-c5ccccc5)cccc43)n2)cc1. The monoisotopic (exact) mass is 639 g/mol. The summed E-state index contributed by atoms with van der Waals surface area (Å²) in [7, 11) is 0. The minimum atomic E-state index is 0.565. The Hall–Kier alpha value is -6.85. The molecule has 0 aliphatic carbocycles. The molecular weight excluding hydrogens is 611 g/mol. The average Bonchev–Trinajstić information content (AvgIpc) is 3.72. The van der Waals surface area contributed by atoms with E-state index >= 15 is 0 Å². The van der Waals surface area contributed by atoms with Crippen LogP contribution in [0.5, 0.6) is 0 Å². The van der Waals surface area contributed by atoms with E-state index in [-0.39, 0.29) is 0 Å². The van der Waals surface area contributed by atoms with Crippen LogP contribution in [0.1, 0.15) is 0 Å². The fraction of sp³-hybridized carbons (Fsp3) is 0. The first-order valence-corrected chi connectivity index (χ1v) is 16.8. The molecule has 0 bridgehead atoms. The van der Waals surface area contributed by atoms with Crippen molar-refractivity contribution in [1.29, 1.82) is 0 Å². The van der Waals surface area contributed by atoms with Gasteiger partial charge in [0.2, 0.25) is 11.9 Å². The Morgan fingerprint density at radius 2 is 0.680 bits per heavy atom. The number of rotatable bonds is 5. The van der Waals surface area contributed by atoms with Crippen molar-refractivity contribution in [2.45, 2.75) is 0 Å². The molecule has 5 heteroatoms. The van der Waals surface area contributed by atoms with Crippen molar-refractivity contribution in [3.63, 3.8) is 0 Å². The van der Waals surface area contributed by atoms with Crippen LogP contribution in [0.25, 0.3) is 89.2 Å². The van der Waals surface area contributed by atoms with E-state index < -0.39 is 0 Å². The molecule has 5 nitrogen and oxygen atoms in total. The highest BCUT2D eigenvalue weighted by molar-refractivity contribution is 6.16. The standard InChI is InChI=1S/C45H29N5/c1-4-16-30(17-5-1)33-24-14-28-39-41(33)35-22-10-12-26-37(35)49(39)44-46-43(32-20-8-3-9-21-32)47-45(48-44)50-38-27-13-11-23-36(38)42-34(25-15-29-40(42)50)31-18-6-2-7-19-31/h1-29H. The zero-order valence-electron chi connectivity index (χ0n) is 27.0. The zero-order valence-corrected chi connectivity index (χ0v) is 27.0. The Kier molecular flexibility index (Phi) is 6.42. The third kappa shape index (κ3) is 4.37. The van der Waals surface area contributed by atoms with E-state index in [2.05, 4.69) is 167 Å². The van der Waals surface area contributed by atoms with Gasteiger partial charge in [-0.3, -0.25) is 9.13 Å². The summed E-state index contributed by atoms with van der Waals surface area (Å²) in [5.41, 5.74) is 9.76. The van der Waals surface area contributed by atoms with E-state index in [1.54, 1.807) is 0 Å². The smallest absolute Gasteiger partial charge is 0.240 e. The van der Waals surface area contributed by atoms with Crippen LogP contribution in [-0.2, 0) is 0 Å². The fourth-order valence-corrected chi connectivity index (χ4v) is 7.46. The van der Waals surface area contributed by atoms with Gasteiger partial charge in [-0.25, -0.2) is 0 Å². The third-order valence-corrected chi connectivity index (χ3v) is 9.61. The second kappa shape index (κ2) is 11.4. The summed E-state index contributed by atoms with van der Waals surface area (Å²) >= 11 is 0. The molecule has 3 aromatic heterocycles. The van der Waals surface area contributed by atoms with Crippen molar-refractivity contribution in [3.05, 3.63) is 176 Å². The van der Waals surface area contributed by atoms with Crippen molar-refractivity contribution >= 4 is 43.6 Å². The maximum atomic E-state index is 5.35. The van der Waals surface area contributed by atoms with Gasteiger partial charge in [-0.1, -0.05) is 152 Å². The molecule has 0 aliphatic rings. The normalized spacial score (nSPS) is 11.6. The molecule has 0 aliphatic heterocycles. The summed E-state index contributed by atoms with van der Waals surface area (Å²) in [4.78, 5) is 15.8. The number of fused-ring (bicyclic) bond motifs is 6. The second-order valence-corrected chi connectivity index (χ2v) is 12.5. The number of benzene rings is 7. The molecule has 234 valence electrons. The van der Waals surface area contributed by atoms with Gasteiger partial charge in [-0.15, -0.1) is 0 Å².